The molecule has 0 amide bonds. The summed E-state index contributed by atoms with van der Waals surface area (Å²) in [5.41, 5.74) is 4.21. The Morgan fingerprint density at radius 1 is 1.04 bits per heavy atom. The van der Waals surface area contributed by atoms with Crippen LogP contribution in [0.5, 0.6) is 0 Å². The number of nitriles is 1. The predicted octanol–water partition coefficient (Wildman–Crippen LogP) is 8.14. The summed E-state index contributed by atoms with van der Waals surface area (Å²) in [5, 5.41) is 11.1. The molecule has 3 aromatic carbocycles. The van der Waals surface area contributed by atoms with Crippen molar-refractivity contribution >= 4 is 55.1 Å². The lowest BCUT2D eigenvalue weighted by Crippen LogP contribution is -2.32. The zero-order valence-corrected chi connectivity index (χ0v) is 28.6. The van der Waals surface area contributed by atoms with Crippen LogP contribution in [0.25, 0.3) is 22.4 Å². The summed E-state index contributed by atoms with van der Waals surface area (Å²) in [6, 6.07) is 28.4. The predicted molar refractivity (Wildman–Crippen MR) is 183 cm³/mol. The van der Waals surface area contributed by atoms with Gasteiger partial charge in [-0.1, -0.05) is 107 Å². The number of pyridine rings is 1. The van der Waals surface area contributed by atoms with Gasteiger partial charge >= 0.3 is 5.97 Å². The van der Waals surface area contributed by atoms with Crippen molar-refractivity contribution in [2.45, 2.75) is 37.5 Å². The first-order valence-corrected chi connectivity index (χ1v) is 18.3. The Hall–Kier alpha value is -3.20. The summed E-state index contributed by atoms with van der Waals surface area (Å²) in [6.07, 6.45) is 0.252. The zero-order chi connectivity index (χ0) is 32.2. The van der Waals surface area contributed by atoms with Crippen LogP contribution in [-0.4, -0.2) is 49.3 Å². The Morgan fingerprint density at radius 3 is 2.42 bits per heavy atom. The molecule has 1 atom stereocenters. The van der Waals surface area contributed by atoms with Gasteiger partial charge in [0.05, 0.1) is 41.7 Å². The maximum atomic E-state index is 13.1. The molecule has 1 unspecified atom stereocenters. The number of rotatable bonds is 15. The van der Waals surface area contributed by atoms with Crippen LogP contribution in [0.1, 0.15) is 30.9 Å². The zero-order valence-electron chi connectivity index (χ0n) is 24.6. The summed E-state index contributed by atoms with van der Waals surface area (Å²) in [6.45, 7) is 2.02. The van der Waals surface area contributed by atoms with Gasteiger partial charge in [0.25, 0.3) is 0 Å². The molecule has 0 radical (unpaired) electrons. The van der Waals surface area contributed by atoms with Crippen LogP contribution < -0.4 is 0 Å². The molecule has 0 saturated heterocycles. The van der Waals surface area contributed by atoms with Crippen molar-refractivity contribution in [3.63, 3.8) is 0 Å². The standard InChI is InChI=1S/C34H32BrClN2O5S2/c1-2-3-17-45(40,41)23-29(21-42-20-24-9-15-28(36)16-10-24)43-33(39)22-44-34-31(19-37)30(25-7-5-4-6-8-25)18-32(38-34)26-11-13-27(35)14-12-26/h4-16,18,29H,2-3,17,20-23H2,1H3. The topological polar surface area (TPSA) is 106 Å². The first-order valence-electron chi connectivity index (χ1n) is 14.3. The van der Waals surface area contributed by atoms with E-state index in [1.165, 1.54) is 0 Å². The smallest absolute Gasteiger partial charge is 0.316 e. The molecule has 0 aliphatic carbocycles. The van der Waals surface area contributed by atoms with Crippen molar-refractivity contribution in [3.8, 4) is 28.5 Å². The SMILES string of the molecule is CCCCS(=O)(=O)CC(COCc1ccc(Cl)cc1)OC(=O)CSc1nc(-c2ccc(Br)cc2)cc(-c2ccccc2)c1C#N. The highest BCUT2D eigenvalue weighted by Crippen LogP contribution is 2.34. The highest BCUT2D eigenvalue weighted by atomic mass is 79.9. The summed E-state index contributed by atoms with van der Waals surface area (Å²) >= 11 is 10.5. The molecule has 4 rings (SSSR count). The Bertz CT molecular complexity index is 1730. The number of hydrogen-bond acceptors (Lipinski definition) is 8. The number of halogens is 2. The van der Waals surface area contributed by atoms with Gasteiger partial charge in [0.2, 0.25) is 0 Å². The van der Waals surface area contributed by atoms with Crippen LogP contribution in [0.2, 0.25) is 5.02 Å². The van der Waals surface area contributed by atoms with Gasteiger partial charge in [-0.05, 0) is 47.9 Å². The van der Waals surface area contributed by atoms with Crippen molar-refractivity contribution in [2.24, 2.45) is 0 Å². The number of esters is 1. The van der Waals surface area contributed by atoms with Gasteiger partial charge in [0, 0.05) is 20.6 Å². The molecular weight excluding hydrogens is 696 g/mol. The molecule has 0 aliphatic heterocycles. The normalized spacial score (nSPS) is 12.0. The van der Waals surface area contributed by atoms with Crippen molar-refractivity contribution in [1.29, 1.82) is 5.26 Å². The minimum atomic E-state index is -3.48. The second-order valence-corrected chi connectivity index (χ2v) is 14.8. The summed E-state index contributed by atoms with van der Waals surface area (Å²) < 4.78 is 37.9. The number of unbranched alkanes of at least 4 members (excludes halogenated alkanes) is 1. The maximum absolute atomic E-state index is 13.1. The van der Waals surface area contributed by atoms with Crippen molar-refractivity contribution in [2.75, 3.05) is 23.9 Å². The second-order valence-electron chi connectivity index (χ2n) is 10.2. The number of hydrogen-bond donors (Lipinski definition) is 0. The number of aromatic nitrogens is 1. The average Bonchev–Trinajstić information content (AvgIpc) is 3.04. The quantitative estimate of drug-likeness (QED) is 0.0893. The van der Waals surface area contributed by atoms with Crippen molar-refractivity contribution < 1.29 is 22.7 Å². The van der Waals surface area contributed by atoms with E-state index in [1.54, 1.807) is 12.1 Å². The third-order valence-electron chi connectivity index (χ3n) is 6.68. The minimum absolute atomic E-state index is 0.00401. The second kappa shape index (κ2) is 16.9. The van der Waals surface area contributed by atoms with E-state index in [0.29, 0.717) is 33.3 Å². The van der Waals surface area contributed by atoms with Gasteiger partial charge in [0.1, 0.15) is 17.2 Å². The number of ether oxygens (including phenoxy) is 2. The first kappa shape index (κ1) is 34.7. The lowest BCUT2D eigenvalue weighted by molar-refractivity contribution is -0.147. The molecule has 4 aromatic rings. The molecule has 0 aliphatic rings. The molecule has 0 bridgehead atoms. The summed E-state index contributed by atoms with van der Waals surface area (Å²) in [4.78, 5) is 17.9. The Labute approximate surface area is 282 Å². The lowest BCUT2D eigenvalue weighted by atomic mass is 9.99. The summed E-state index contributed by atoms with van der Waals surface area (Å²) in [7, 11) is -3.48. The fraction of sp³-hybridized carbons (Fsp3) is 0.265. The molecule has 0 spiro atoms. The molecule has 11 heteroatoms. The van der Waals surface area contributed by atoms with E-state index < -0.39 is 21.9 Å². The maximum Gasteiger partial charge on any atom is 0.316 e. The molecule has 45 heavy (non-hydrogen) atoms. The molecule has 1 heterocycles. The molecule has 1 aromatic heterocycles. The largest absolute Gasteiger partial charge is 0.458 e. The van der Waals surface area contributed by atoms with Crippen LogP contribution in [0.4, 0.5) is 0 Å². The number of carbonyl (C=O) groups excluding carboxylic acids is 1. The molecular formula is C34H32BrClN2O5S2. The number of sulfone groups is 1. The fourth-order valence-corrected chi connectivity index (χ4v) is 7.23. The molecule has 0 fully saturated rings. The highest BCUT2D eigenvalue weighted by molar-refractivity contribution is 9.10. The first-order chi connectivity index (χ1) is 21.7. The fourth-order valence-electron chi connectivity index (χ4n) is 4.43. The van der Waals surface area contributed by atoms with E-state index in [1.807, 2.05) is 79.7 Å². The van der Waals surface area contributed by atoms with Crippen LogP contribution in [0.15, 0.2) is 94.4 Å². The number of carbonyl (C=O) groups is 1. The Balaban J connectivity index is 1.53. The molecule has 0 N–H and O–H groups in total. The van der Waals surface area contributed by atoms with Crippen molar-refractivity contribution in [3.05, 3.63) is 106 Å². The Morgan fingerprint density at radius 2 is 1.76 bits per heavy atom. The molecule has 7 nitrogen and oxygen atoms in total. The highest BCUT2D eigenvalue weighted by Gasteiger charge is 2.24. The third-order valence-corrected chi connectivity index (χ3v) is 10.2. The van der Waals surface area contributed by atoms with E-state index in [0.717, 1.165) is 39.3 Å². The van der Waals surface area contributed by atoms with E-state index in [-0.39, 0.29) is 30.5 Å². The van der Waals surface area contributed by atoms with Crippen LogP contribution in [0.3, 0.4) is 0 Å². The van der Waals surface area contributed by atoms with E-state index in [2.05, 4.69) is 22.0 Å². The van der Waals surface area contributed by atoms with Crippen LogP contribution in [0, 0.1) is 11.3 Å². The van der Waals surface area contributed by atoms with Gasteiger partial charge in [-0.15, -0.1) is 0 Å². The average molecular weight is 728 g/mol. The van der Waals surface area contributed by atoms with Gasteiger partial charge in [-0.25, -0.2) is 13.4 Å². The summed E-state index contributed by atoms with van der Waals surface area (Å²) in [5.74, 6) is -1.15. The van der Waals surface area contributed by atoms with Gasteiger partial charge in [0.15, 0.2) is 9.84 Å². The van der Waals surface area contributed by atoms with Crippen molar-refractivity contribution in [1.82, 2.24) is 4.98 Å². The lowest BCUT2D eigenvalue weighted by Gasteiger charge is -2.19. The minimum Gasteiger partial charge on any atom is -0.458 e. The van der Waals surface area contributed by atoms with Gasteiger partial charge in [-0.3, -0.25) is 4.79 Å². The molecule has 234 valence electrons. The number of thioether (sulfide) groups is 1. The van der Waals surface area contributed by atoms with Crippen LogP contribution in [-0.2, 0) is 30.7 Å². The monoisotopic (exact) mass is 726 g/mol. The molecule has 0 saturated carbocycles. The van der Waals surface area contributed by atoms with Gasteiger partial charge < -0.3 is 9.47 Å². The van der Waals surface area contributed by atoms with E-state index >= 15 is 0 Å². The van der Waals surface area contributed by atoms with E-state index in [4.69, 9.17) is 26.1 Å². The van der Waals surface area contributed by atoms with Gasteiger partial charge in [-0.2, -0.15) is 5.26 Å². The number of nitrogens with zero attached hydrogens (tertiary/aromatic N) is 2. The third kappa shape index (κ3) is 10.7. The van der Waals surface area contributed by atoms with Crippen LogP contribution >= 0.6 is 39.3 Å². The number of benzene rings is 3. The van der Waals surface area contributed by atoms with E-state index in [9.17, 15) is 18.5 Å². The Kier molecular flexibility index (Phi) is 13.0.